The van der Waals surface area contributed by atoms with Crippen LogP contribution in [-0.2, 0) is 4.74 Å². The highest BCUT2D eigenvalue weighted by atomic mass is 127. The maximum Gasteiger partial charge on any atom is 0.193 e. The summed E-state index contributed by atoms with van der Waals surface area (Å²) in [6.45, 7) is 13.2. The molecule has 0 radical (unpaired) electrons. The van der Waals surface area contributed by atoms with Gasteiger partial charge in [0.1, 0.15) is 0 Å². The normalized spacial score (nSPS) is 23.4. The Balaban J connectivity index is 0.00000288. The fraction of sp³-hybridized carbons (Fsp3) is 0.944. The second kappa shape index (κ2) is 12.3. The summed E-state index contributed by atoms with van der Waals surface area (Å²) in [6.07, 6.45) is 5.09. The highest BCUT2D eigenvalue weighted by molar-refractivity contribution is 14.0. The number of ether oxygens (including phenoxy) is 1. The first-order valence-corrected chi connectivity index (χ1v) is 9.51. The van der Waals surface area contributed by atoms with Gasteiger partial charge in [0.05, 0.1) is 6.61 Å². The molecule has 2 aliphatic heterocycles. The number of halogens is 1. The molecule has 5 nitrogen and oxygen atoms in total. The summed E-state index contributed by atoms with van der Waals surface area (Å²) < 4.78 is 5.31. The lowest BCUT2D eigenvalue weighted by Crippen LogP contribution is -2.41. The molecular weight excluding hydrogens is 415 g/mol. The zero-order chi connectivity index (χ0) is 16.5. The molecule has 0 aromatic rings. The number of rotatable bonds is 7. The molecule has 1 atom stereocenters. The molecule has 0 bridgehead atoms. The fourth-order valence-corrected chi connectivity index (χ4v) is 3.75. The molecule has 6 heteroatoms. The van der Waals surface area contributed by atoms with Gasteiger partial charge < -0.3 is 19.9 Å². The molecule has 0 saturated carbocycles. The van der Waals surface area contributed by atoms with Gasteiger partial charge in [0.2, 0.25) is 0 Å². The van der Waals surface area contributed by atoms with E-state index < -0.39 is 0 Å². The van der Waals surface area contributed by atoms with Crippen molar-refractivity contribution in [2.75, 3.05) is 59.5 Å². The van der Waals surface area contributed by atoms with E-state index in [0.717, 1.165) is 44.7 Å². The van der Waals surface area contributed by atoms with Crippen molar-refractivity contribution in [3.8, 4) is 0 Å². The van der Waals surface area contributed by atoms with Crippen LogP contribution < -0.4 is 5.32 Å². The molecule has 0 aromatic heterocycles. The van der Waals surface area contributed by atoms with Crippen LogP contribution in [0.2, 0.25) is 0 Å². The third kappa shape index (κ3) is 7.04. The van der Waals surface area contributed by atoms with Crippen LogP contribution in [0, 0.1) is 11.8 Å². The molecule has 2 heterocycles. The van der Waals surface area contributed by atoms with Crippen molar-refractivity contribution in [3.05, 3.63) is 0 Å². The minimum Gasteiger partial charge on any atom is -0.384 e. The standard InChI is InChI=1S/C18H36N4O.HI/c1-4-9-21-10-6-16(7-11-21)13-20-18(19-5-2)22-12-8-17(14-22)15-23-3;/h16-17H,4-15H2,1-3H3,(H,19,20);1H. The third-order valence-electron chi connectivity index (χ3n) is 5.07. The maximum atomic E-state index is 5.31. The van der Waals surface area contributed by atoms with Gasteiger partial charge in [-0.15, -0.1) is 24.0 Å². The number of piperidine rings is 1. The largest absolute Gasteiger partial charge is 0.384 e. The molecule has 0 amide bonds. The Morgan fingerprint density at radius 2 is 1.83 bits per heavy atom. The summed E-state index contributed by atoms with van der Waals surface area (Å²) in [7, 11) is 1.80. The monoisotopic (exact) mass is 452 g/mol. The van der Waals surface area contributed by atoms with Gasteiger partial charge in [-0.1, -0.05) is 6.92 Å². The van der Waals surface area contributed by atoms with Gasteiger partial charge in [-0.05, 0) is 58.2 Å². The van der Waals surface area contributed by atoms with Crippen LogP contribution in [0.1, 0.15) is 39.5 Å². The van der Waals surface area contributed by atoms with Gasteiger partial charge >= 0.3 is 0 Å². The first-order valence-electron chi connectivity index (χ1n) is 9.51. The average molecular weight is 452 g/mol. The van der Waals surface area contributed by atoms with Crippen molar-refractivity contribution in [2.24, 2.45) is 16.8 Å². The summed E-state index contributed by atoms with van der Waals surface area (Å²) in [6, 6.07) is 0. The van der Waals surface area contributed by atoms with E-state index in [9.17, 15) is 0 Å². The number of aliphatic imine (C=N–C) groups is 1. The predicted molar refractivity (Wildman–Crippen MR) is 112 cm³/mol. The van der Waals surface area contributed by atoms with E-state index in [-0.39, 0.29) is 24.0 Å². The Morgan fingerprint density at radius 1 is 1.12 bits per heavy atom. The molecule has 2 aliphatic rings. The molecule has 1 unspecified atom stereocenters. The van der Waals surface area contributed by atoms with Crippen molar-refractivity contribution >= 4 is 29.9 Å². The van der Waals surface area contributed by atoms with Crippen LogP contribution in [0.4, 0.5) is 0 Å². The van der Waals surface area contributed by atoms with Gasteiger partial charge in [-0.3, -0.25) is 4.99 Å². The molecule has 0 aromatic carbocycles. The smallest absolute Gasteiger partial charge is 0.193 e. The maximum absolute atomic E-state index is 5.31. The van der Waals surface area contributed by atoms with Gasteiger partial charge in [0.15, 0.2) is 5.96 Å². The number of hydrogen-bond acceptors (Lipinski definition) is 3. The van der Waals surface area contributed by atoms with Crippen LogP contribution in [0.5, 0.6) is 0 Å². The second-order valence-electron chi connectivity index (χ2n) is 7.04. The molecule has 2 saturated heterocycles. The molecule has 2 fully saturated rings. The van der Waals surface area contributed by atoms with Gasteiger partial charge in [0.25, 0.3) is 0 Å². The Kier molecular flexibility index (Phi) is 11.3. The summed E-state index contributed by atoms with van der Waals surface area (Å²) >= 11 is 0. The third-order valence-corrected chi connectivity index (χ3v) is 5.07. The van der Waals surface area contributed by atoms with E-state index in [4.69, 9.17) is 9.73 Å². The molecule has 2 rings (SSSR count). The van der Waals surface area contributed by atoms with E-state index in [1.54, 1.807) is 7.11 Å². The Labute approximate surface area is 165 Å². The molecule has 142 valence electrons. The van der Waals surface area contributed by atoms with Gasteiger partial charge in [-0.2, -0.15) is 0 Å². The van der Waals surface area contributed by atoms with Crippen LogP contribution in [0.15, 0.2) is 4.99 Å². The molecule has 0 spiro atoms. The van der Waals surface area contributed by atoms with Crippen molar-refractivity contribution in [1.29, 1.82) is 0 Å². The lowest BCUT2D eigenvalue weighted by atomic mass is 9.97. The summed E-state index contributed by atoms with van der Waals surface area (Å²) in [4.78, 5) is 9.97. The zero-order valence-electron chi connectivity index (χ0n) is 15.8. The number of methoxy groups -OCH3 is 1. The molecule has 24 heavy (non-hydrogen) atoms. The highest BCUT2D eigenvalue weighted by Gasteiger charge is 2.25. The lowest BCUT2D eigenvalue weighted by molar-refractivity contribution is 0.157. The second-order valence-corrected chi connectivity index (χ2v) is 7.04. The van der Waals surface area contributed by atoms with Crippen LogP contribution >= 0.6 is 24.0 Å². The van der Waals surface area contributed by atoms with E-state index in [1.165, 1.54) is 45.3 Å². The van der Waals surface area contributed by atoms with Gasteiger partial charge in [-0.25, -0.2) is 0 Å². The quantitative estimate of drug-likeness (QED) is 0.367. The number of guanidine groups is 1. The first-order chi connectivity index (χ1) is 11.3. The molecule has 0 aliphatic carbocycles. The Hall–Kier alpha value is -0.0800. The summed E-state index contributed by atoms with van der Waals surface area (Å²) in [5.74, 6) is 2.53. The van der Waals surface area contributed by atoms with Crippen molar-refractivity contribution in [3.63, 3.8) is 0 Å². The Morgan fingerprint density at radius 3 is 2.46 bits per heavy atom. The van der Waals surface area contributed by atoms with Crippen molar-refractivity contribution < 1.29 is 4.74 Å². The Bertz CT molecular complexity index is 359. The summed E-state index contributed by atoms with van der Waals surface area (Å²) in [5.41, 5.74) is 0. The molecule has 1 N–H and O–H groups in total. The zero-order valence-corrected chi connectivity index (χ0v) is 18.1. The van der Waals surface area contributed by atoms with Gasteiger partial charge in [0, 0.05) is 39.2 Å². The van der Waals surface area contributed by atoms with E-state index in [0.29, 0.717) is 5.92 Å². The lowest BCUT2D eigenvalue weighted by Gasteiger charge is -2.31. The number of nitrogens with zero attached hydrogens (tertiary/aromatic N) is 3. The van der Waals surface area contributed by atoms with Crippen LogP contribution in [0.3, 0.4) is 0 Å². The summed E-state index contributed by atoms with van der Waals surface area (Å²) in [5, 5.41) is 3.48. The minimum absolute atomic E-state index is 0. The molecular formula is C18H37IN4O. The van der Waals surface area contributed by atoms with Crippen LogP contribution in [-0.4, -0.2) is 75.3 Å². The number of likely N-dealkylation sites (tertiary alicyclic amines) is 2. The van der Waals surface area contributed by atoms with E-state index in [2.05, 4.69) is 29.0 Å². The number of nitrogens with one attached hydrogen (secondary N) is 1. The topological polar surface area (TPSA) is 40.1 Å². The predicted octanol–water partition coefficient (Wildman–Crippen LogP) is 2.66. The van der Waals surface area contributed by atoms with E-state index in [1.807, 2.05) is 0 Å². The van der Waals surface area contributed by atoms with Crippen molar-refractivity contribution in [1.82, 2.24) is 15.1 Å². The van der Waals surface area contributed by atoms with E-state index >= 15 is 0 Å². The fourth-order valence-electron chi connectivity index (χ4n) is 3.75. The first kappa shape index (κ1) is 22.0. The highest BCUT2D eigenvalue weighted by Crippen LogP contribution is 2.19. The van der Waals surface area contributed by atoms with Crippen molar-refractivity contribution in [2.45, 2.75) is 39.5 Å². The number of hydrogen-bond donors (Lipinski definition) is 1. The minimum atomic E-state index is 0. The SMILES string of the molecule is CCCN1CCC(CN=C(NCC)N2CCC(COC)C2)CC1.I. The average Bonchev–Trinajstić information content (AvgIpc) is 3.02. The van der Waals surface area contributed by atoms with Crippen LogP contribution in [0.25, 0.3) is 0 Å².